The van der Waals surface area contributed by atoms with Crippen LogP contribution in [0.5, 0.6) is 0 Å². The van der Waals surface area contributed by atoms with Crippen molar-refractivity contribution in [1.29, 1.82) is 0 Å². The molecule has 0 aliphatic carbocycles. The Kier molecular flexibility index (Phi) is 4.74. The molecule has 4 N–H and O–H groups in total. The number of hydrogen-bond acceptors (Lipinski definition) is 3. The van der Waals surface area contributed by atoms with Crippen molar-refractivity contribution in [1.82, 2.24) is 0 Å². The Hall–Kier alpha value is -0.610. The van der Waals surface area contributed by atoms with Crippen LogP contribution in [0.4, 0.5) is 0 Å². The smallest absolute Gasteiger partial charge is 0.105 e. The predicted molar refractivity (Wildman–Crippen MR) is 65.6 cm³/mol. The Bertz CT molecular complexity index is 345. The second kappa shape index (κ2) is 5.64. The zero-order chi connectivity index (χ0) is 12.3. The third-order valence-corrected chi connectivity index (χ3v) is 2.90. The second-order valence-corrected chi connectivity index (χ2v) is 4.48. The zero-order valence-electron chi connectivity index (χ0n) is 9.57. The van der Waals surface area contributed by atoms with E-state index in [4.69, 9.17) is 17.3 Å². The molecule has 0 aliphatic heterocycles. The van der Waals surface area contributed by atoms with E-state index in [1.54, 1.807) is 12.1 Å². The minimum absolute atomic E-state index is 0.351. The number of benzene rings is 1. The van der Waals surface area contributed by atoms with Crippen molar-refractivity contribution in [3.05, 3.63) is 33.8 Å². The maximum absolute atomic E-state index is 10.0. The summed E-state index contributed by atoms with van der Waals surface area (Å²) < 4.78 is 0. The fourth-order valence-corrected chi connectivity index (χ4v) is 2.24. The Morgan fingerprint density at radius 3 is 2.19 bits per heavy atom. The predicted octanol–water partition coefficient (Wildman–Crippen LogP) is 1.70. The van der Waals surface area contributed by atoms with E-state index in [2.05, 4.69) is 0 Å². The van der Waals surface area contributed by atoms with E-state index in [1.165, 1.54) is 0 Å². The highest BCUT2D eigenvalue weighted by molar-refractivity contribution is 6.30. The lowest BCUT2D eigenvalue weighted by Crippen LogP contribution is -2.23. The molecule has 0 amide bonds. The maximum Gasteiger partial charge on any atom is 0.105 e. The summed E-state index contributed by atoms with van der Waals surface area (Å²) in [5.41, 5.74) is 7.86. The van der Waals surface area contributed by atoms with E-state index in [1.807, 2.05) is 13.8 Å². The van der Waals surface area contributed by atoms with Crippen LogP contribution in [-0.4, -0.2) is 22.9 Å². The van der Waals surface area contributed by atoms with Gasteiger partial charge in [0.25, 0.3) is 0 Å². The van der Waals surface area contributed by atoms with Gasteiger partial charge in [0.15, 0.2) is 0 Å². The lowest BCUT2D eigenvalue weighted by atomic mass is 9.94. The van der Waals surface area contributed by atoms with Crippen molar-refractivity contribution in [2.24, 2.45) is 5.73 Å². The molecule has 4 heteroatoms. The molecule has 2 unspecified atom stereocenters. The molecule has 0 aromatic heterocycles. The summed E-state index contributed by atoms with van der Waals surface area (Å²) in [6.45, 7) is 4.09. The lowest BCUT2D eigenvalue weighted by Gasteiger charge is -2.21. The largest absolute Gasteiger partial charge is 0.390 e. The summed E-state index contributed by atoms with van der Waals surface area (Å²) in [5.74, 6) is 0. The van der Waals surface area contributed by atoms with Crippen LogP contribution in [0, 0.1) is 13.8 Å². The molecule has 3 nitrogen and oxygen atoms in total. The number of aliphatic hydroxyl groups is 2. The normalized spacial score (nSPS) is 14.9. The molecule has 0 heterocycles. The van der Waals surface area contributed by atoms with Gasteiger partial charge in [-0.25, -0.2) is 0 Å². The third kappa shape index (κ3) is 2.95. The monoisotopic (exact) mass is 243 g/mol. The van der Waals surface area contributed by atoms with Crippen LogP contribution in [-0.2, 0) is 0 Å². The highest BCUT2D eigenvalue weighted by Crippen LogP contribution is 2.28. The van der Waals surface area contributed by atoms with E-state index >= 15 is 0 Å². The number of hydrogen-bond donors (Lipinski definition) is 3. The molecule has 0 spiro atoms. The van der Waals surface area contributed by atoms with Gasteiger partial charge in [-0.15, -0.1) is 0 Å². The van der Waals surface area contributed by atoms with Gasteiger partial charge in [0.2, 0.25) is 0 Å². The Labute approximate surface area is 101 Å². The fraction of sp³-hybridized carbons (Fsp3) is 0.500. The molecule has 0 saturated carbocycles. The SMILES string of the molecule is Cc1cc(Cl)cc(C)c1C(O)C(O)CCN. The molecule has 2 atom stereocenters. The number of rotatable bonds is 4. The first-order valence-corrected chi connectivity index (χ1v) is 5.68. The highest BCUT2D eigenvalue weighted by Gasteiger charge is 2.21. The highest BCUT2D eigenvalue weighted by atomic mass is 35.5. The van der Waals surface area contributed by atoms with Gasteiger partial charge in [-0.2, -0.15) is 0 Å². The minimum atomic E-state index is -0.902. The Morgan fingerprint density at radius 2 is 1.75 bits per heavy atom. The molecule has 90 valence electrons. The Balaban J connectivity index is 3.03. The standard InChI is InChI=1S/C12H18ClNO2/c1-7-5-9(13)6-8(2)11(7)12(16)10(15)3-4-14/h5-6,10,12,15-16H,3-4,14H2,1-2H3. The van der Waals surface area contributed by atoms with E-state index < -0.39 is 12.2 Å². The van der Waals surface area contributed by atoms with Gasteiger partial charge in [-0.1, -0.05) is 11.6 Å². The van der Waals surface area contributed by atoms with Crippen molar-refractivity contribution in [3.63, 3.8) is 0 Å². The first-order chi connectivity index (χ1) is 7.47. The lowest BCUT2D eigenvalue weighted by molar-refractivity contribution is 0.0143. The van der Waals surface area contributed by atoms with E-state index in [0.717, 1.165) is 16.7 Å². The summed E-state index contributed by atoms with van der Waals surface area (Å²) in [6.07, 6.45) is -1.35. The Morgan fingerprint density at radius 1 is 1.25 bits per heavy atom. The second-order valence-electron chi connectivity index (χ2n) is 4.04. The van der Waals surface area contributed by atoms with Crippen LogP contribution in [0.25, 0.3) is 0 Å². The molecule has 0 bridgehead atoms. The van der Waals surface area contributed by atoms with Crippen molar-refractivity contribution < 1.29 is 10.2 Å². The van der Waals surface area contributed by atoms with Crippen LogP contribution in [0.1, 0.15) is 29.2 Å². The number of halogens is 1. The van der Waals surface area contributed by atoms with E-state index in [0.29, 0.717) is 18.0 Å². The van der Waals surface area contributed by atoms with Crippen molar-refractivity contribution in [3.8, 4) is 0 Å². The molecule has 0 fully saturated rings. The van der Waals surface area contributed by atoms with E-state index in [9.17, 15) is 10.2 Å². The molecular weight excluding hydrogens is 226 g/mol. The van der Waals surface area contributed by atoms with Crippen LogP contribution >= 0.6 is 11.6 Å². The summed E-state index contributed by atoms with van der Waals surface area (Å²) in [6, 6.07) is 3.56. The summed E-state index contributed by atoms with van der Waals surface area (Å²) in [7, 11) is 0. The van der Waals surface area contributed by atoms with Crippen LogP contribution in [0.15, 0.2) is 12.1 Å². The quantitative estimate of drug-likeness (QED) is 0.754. The van der Waals surface area contributed by atoms with Crippen molar-refractivity contribution in [2.75, 3.05) is 6.54 Å². The zero-order valence-corrected chi connectivity index (χ0v) is 10.3. The van der Waals surface area contributed by atoms with Crippen LogP contribution < -0.4 is 5.73 Å². The van der Waals surface area contributed by atoms with Gasteiger partial charge in [0.1, 0.15) is 6.10 Å². The average molecular weight is 244 g/mol. The summed E-state index contributed by atoms with van der Waals surface area (Å²) >= 11 is 5.90. The molecule has 1 aromatic rings. The molecule has 0 aliphatic rings. The topological polar surface area (TPSA) is 66.5 Å². The van der Waals surface area contributed by atoms with Gasteiger partial charge in [0.05, 0.1) is 6.10 Å². The average Bonchev–Trinajstić information content (AvgIpc) is 2.16. The number of aryl methyl sites for hydroxylation is 2. The summed E-state index contributed by atoms with van der Waals surface area (Å²) in [5, 5.41) is 20.4. The van der Waals surface area contributed by atoms with Gasteiger partial charge >= 0.3 is 0 Å². The molecule has 0 radical (unpaired) electrons. The van der Waals surface area contributed by atoms with Gasteiger partial charge in [-0.3, -0.25) is 0 Å². The van der Waals surface area contributed by atoms with Crippen LogP contribution in [0.3, 0.4) is 0 Å². The molecule has 0 saturated heterocycles. The number of aliphatic hydroxyl groups excluding tert-OH is 2. The maximum atomic E-state index is 10.0. The third-order valence-electron chi connectivity index (χ3n) is 2.68. The van der Waals surface area contributed by atoms with Gasteiger partial charge in [-0.05, 0) is 55.6 Å². The van der Waals surface area contributed by atoms with Crippen molar-refractivity contribution in [2.45, 2.75) is 32.5 Å². The van der Waals surface area contributed by atoms with Crippen LogP contribution in [0.2, 0.25) is 5.02 Å². The molecule has 1 rings (SSSR count). The van der Waals surface area contributed by atoms with E-state index in [-0.39, 0.29) is 0 Å². The molecule has 16 heavy (non-hydrogen) atoms. The minimum Gasteiger partial charge on any atom is -0.390 e. The molecule has 1 aromatic carbocycles. The van der Waals surface area contributed by atoms with Gasteiger partial charge in [0, 0.05) is 5.02 Å². The summed E-state index contributed by atoms with van der Waals surface area (Å²) in [4.78, 5) is 0. The molecular formula is C12H18ClNO2. The first-order valence-electron chi connectivity index (χ1n) is 5.30. The first kappa shape index (κ1) is 13.5. The fourth-order valence-electron chi connectivity index (χ4n) is 1.91. The van der Waals surface area contributed by atoms with Gasteiger partial charge < -0.3 is 15.9 Å². The van der Waals surface area contributed by atoms with Crippen molar-refractivity contribution >= 4 is 11.6 Å². The number of nitrogens with two attached hydrogens (primary N) is 1.